The molecule has 0 fully saturated rings. The number of rotatable bonds is 4. The van der Waals surface area contributed by atoms with E-state index in [0.29, 0.717) is 16.7 Å². The van der Waals surface area contributed by atoms with Crippen molar-refractivity contribution in [1.29, 1.82) is 5.26 Å². The van der Waals surface area contributed by atoms with Crippen LogP contribution in [0.3, 0.4) is 0 Å². The number of phenols is 2. The molecule has 0 saturated carbocycles. The predicted octanol–water partition coefficient (Wildman–Crippen LogP) is 5.15. The summed E-state index contributed by atoms with van der Waals surface area (Å²) < 4.78 is 0. The Morgan fingerprint density at radius 1 is 1.06 bits per heavy atom. The van der Waals surface area contributed by atoms with Crippen molar-refractivity contribution in [2.45, 2.75) is 52.4 Å². The standard InChI is InChI=1S/C24H27N3O5/c1-23(2,3)17-10-14(11-18(21(17)29)24(4,5)6)9-15(13-25)22(30)26-19-8-7-16(27(31)32)12-20(19)28/h7-12,28-29H,1-6H3,(H,26,30). The van der Waals surface area contributed by atoms with E-state index in [1.54, 1.807) is 12.1 Å². The lowest BCUT2D eigenvalue weighted by Gasteiger charge is -2.28. The van der Waals surface area contributed by atoms with Gasteiger partial charge in [0.25, 0.3) is 11.6 Å². The number of nitro benzene ring substituents is 1. The van der Waals surface area contributed by atoms with Gasteiger partial charge in [0.15, 0.2) is 0 Å². The summed E-state index contributed by atoms with van der Waals surface area (Å²) in [6.45, 7) is 11.7. The number of hydrogen-bond donors (Lipinski definition) is 3. The van der Waals surface area contributed by atoms with Crippen LogP contribution in [0, 0.1) is 21.4 Å². The van der Waals surface area contributed by atoms with Gasteiger partial charge in [-0.15, -0.1) is 0 Å². The number of nitrogens with one attached hydrogen (secondary N) is 1. The minimum Gasteiger partial charge on any atom is -0.507 e. The van der Waals surface area contributed by atoms with Gasteiger partial charge in [-0.25, -0.2) is 0 Å². The Bertz CT molecular complexity index is 1110. The molecule has 2 aromatic carbocycles. The summed E-state index contributed by atoms with van der Waals surface area (Å²) in [4.78, 5) is 22.8. The fourth-order valence-electron chi connectivity index (χ4n) is 3.13. The number of benzene rings is 2. The molecule has 168 valence electrons. The predicted molar refractivity (Wildman–Crippen MR) is 122 cm³/mol. The monoisotopic (exact) mass is 437 g/mol. The highest BCUT2D eigenvalue weighted by Crippen LogP contribution is 2.40. The Labute approximate surface area is 187 Å². The Kier molecular flexibility index (Phi) is 6.64. The lowest BCUT2D eigenvalue weighted by atomic mass is 9.78. The Morgan fingerprint density at radius 3 is 2.00 bits per heavy atom. The maximum Gasteiger partial charge on any atom is 0.273 e. The van der Waals surface area contributed by atoms with Gasteiger partial charge in [0.05, 0.1) is 16.7 Å². The Morgan fingerprint density at radius 2 is 1.59 bits per heavy atom. The topological polar surface area (TPSA) is 136 Å². The molecule has 8 nitrogen and oxygen atoms in total. The summed E-state index contributed by atoms with van der Waals surface area (Å²) in [6.07, 6.45) is 1.40. The smallest absolute Gasteiger partial charge is 0.273 e. The molecule has 0 aliphatic rings. The first-order valence-electron chi connectivity index (χ1n) is 9.93. The molecule has 0 saturated heterocycles. The van der Waals surface area contributed by atoms with Gasteiger partial charge in [0.2, 0.25) is 0 Å². The van der Waals surface area contributed by atoms with Crippen molar-refractivity contribution >= 4 is 23.4 Å². The van der Waals surface area contributed by atoms with E-state index in [1.165, 1.54) is 12.1 Å². The average molecular weight is 437 g/mol. The van der Waals surface area contributed by atoms with Gasteiger partial charge in [0.1, 0.15) is 23.1 Å². The van der Waals surface area contributed by atoms with Crippen LogP contribution in [-0.2, 0) is 15.6 Å². The van der Waals surface area contributed by atoms with E-state index in [2.05, 4.69) is 5.32 Å². The number of hydrogen-bond acceptors (Lipinski definition) is 6. The minimum absolute atomic E-state index is 0.0572. The van der Waals surface area contributed by atoms with Crippen LogP contribution in [-0.4, -0.2) is 21.0 Å². The zero-order chi connectivity index (χ0) is 24.4. The van der Waals surface area contributed by atoms with E-state index >= 15 is 0 Å². The van der Waals surface area contributed by atoms with E-state index in [0.717, 1.165) is 12.1 Å². The van der Waals surface area contributed by atoms with Gasteiger partial charge < -0.3 is 15.5 Å². The van der Waals surface area contributed by atoms with Gasteiger partial charge in [-0.1, -0.05) is 41.5 Å². The van der Waals surface area contributed by atoms with Crippen molar-refractivity contribution in [3.63, 3.8) is 0 Å². The van der Waals surface area contributed by atoms with Crippen LogP contribution in [0.4, 0.5) is 11.4 Å². The van der Waals surface area contributed by atoms with Gasteiger partial charge in [0, 0.05) is 17.2 Å². The fraction of sp³-hybridized carbons (Fsp3) is 0.333. The van der Waals surface area contributed by atoms with Crippen LogP contribution in [0.5, 0.6) is 11.5 Å². The van der Waals surface area contributed by atoms with Crippen molar-refractivity contribution < 1.29 is 19.9 Å². The first-order chi connectivity index (χ1) is 14.6. The lowest BCUT2D eigenvalue weighted by Crippen LogP contribution is -2.18. The van der Waals surface area contributed by atoms with Gasteiger partial charge in [-0.05, 0) is 40.7 Å². The molecule has 0 radical (unpaired) electrons. The van der Waals surface area contributed by atoms with Gasteiger partial charge in [-0.3, -0.25) is 14.9 Å². The van der Waals surface area contributed by atoms with E-state index in [-0.39, 0.29) is 33.5 Å². The minimum atomic E-state index is -0.778. The van der Waals surface area contributed by atoms with Crippen molar-refractivity contribution in [3.05, 3.63) is 62.7 Å². The quantitative estimate of drug-likeness (QED) is 0.199. The molecular formula is C24H27N3O5. The molecule has 0 aliphatic heterocycles. The normalized spacial score (nSPS) is 12.2. The summed E-state index contributed by atoms with van der Waals surface area (Å²) in [5, 5.41) is 43.6. The highest BCUT2D eigenvalue weighted by molar-refractivity contribution is 6.10. The second-order valence-electron chi connectivity index (χ2n) is 9.55. The number of phenolic OH excluding ortho intramolecular Hbond substituents is 2. The number of nitro groups is 1. The van der Waals surface area contributed by atoms with Crippen molar-refractivity contribution in [1.82, 2.24) is 0 Å². The summed E-state index contributed by atoms with van der Waals surface area (Å²) in [6, 6.07) is 8.56. The molecule has 0 spiro atoms. The molecule has 3 N–H and O–H groups in total. The molecule has 0 atom stereocenters. The van der Waals surface area contributed by atoms with Crippen LogP contribution in [0.25, 0.3) is 6.08 Å². The molecule has 0 heterocycles. The van der Waals surface area contributed by atoms with Crippen molar-refractivity contribution in [2.75, 3.05) is 5.32 Å². The van der Waals surface area contributed by atoms with Crippen molar-refractivity contribution in [2.24, 2.45) is 0 Å². The SMILES string of the molecule is CC(C)(C)c1cc(C=C(C#N)C(=O)Nc2ccc([N+](=O)[O-])cc2O)cc(C(C)(C)C)c1O. The summed E-state index contributed by atoms with van der Waals surface area (Å²) >= 11 is 0. The number of non-ortho nitro benzene ring substituents is 1. The largest absolute Gasteiger partial charge is 0.507 e. The van der Waals surface area contributed by atoms with Crippen molar-refractivity contribution in [3.8, 4) is 17.6 Å². The molecule has 0 aliphatic carbocycles. The number of carbonyl (C=O) groups excluding carboxylic acids is 1. The highest BCUT2D eigenvalue weighted by atomic mass is 16.6. The number of aromatic hydroxyl groups is 2. The van der Waals surface area contributed by atoms with E-state index in [4.69, 9.17) is 0 Å². The third-order valence-corrected chi connectivity index (χ3v) is 4.86. The molecule has 0 unspecified atom stereocenters. The van der Waals surface area contributed by atoms with E-state index < -0.39 is 16.6 Å². The number of nitrogens with zero attached hydrogens (tertiary/aromatic N) is 2. The Hall–Kier alpha value is -3.86. The van der Waals surface area contributed by atoms with Crippen LogP contribution in [0.2, 0.25) is 0 Å². The number of carbonyl (C=O) groups is 1. The molecule has 1 amide bonds. The average Bonchev–Trinajstić information content (AvgIpc) is 2.66. The molecule has 2 rings (SSSR count). The highest BCUT2D eigenvalue weighted by Gasteiger charge is 2.26. The van der Waals surface area contributed by atoms with E-state index in [9.17, 15) is 30.4 Å². The van der Waals surface area contributed by atoms with Crippen LogP contribution in [0.1, 0.15) is 58.2 Å². The van der Waals surface area contributed by atoms with Gasteiger partial charge >= 0.3 is 0 Å². The van der Waals surface area contributed by atoms with E-state index in [1.807, 2.05) is 47.6 Å². The van der Waals surface area contributed by atoms with Crippen LogP contribution >= 0.6 is 0 Å². The maximum absolute atomic E-state index is 12.7. The maximum atomic E-state index is 12.7. The summed E-state index contributed by atoms with van der Waals surface area (Å²) in [5.41, 5.74) is 0.554. The third-order valence-electron chi connectivity index (χ3n) is 4.86. The zero-order valence-electron chi connectivity index (χ0n) is 19.0. The number of anilines is 1. The summed E-state index contributed by atoms with van der Waals surface area (Å²) in [5.74, 6) is -1.08. The first kappa shape index (κ1) is 24.4. The molecule has 32 heavy (non-hydrogen) atoms. The fourth-order valence-corrected chi connectivity index (χ4v) is 3.13. The molecule has 0 bridgehead atoms. The lowest BCUT2D eigenvalue weighted by molar-refractivity contribution is -0.384. The molecular weight excluding hydrogens is 410 g/mol. The van der Waals surface area contributed by atoms with Gasteiger partial charge in [-0.2, -0.15) is 5.26 Å². The number of amides is 1. The first-order valence-corrected chi connectivity index (χ1v) is 9.93. The molecule has 2 aromatic rings. The third kappa shape index (κ3) is 5.43. The zero-order valence-corrected chi connectivity index (χ0v) is 19.0. The molecule has 8 heteroatoms. The Balaban J connectivity index is 2.50. The van der Waals surface area contributed by atoms with Crippen LogP contribution in [0.15, 0.2) is 35.9 Å². The molecule has 0 aromatic heterocycles. The second kappa shape index (κ2) is 8.71. The van der Waals surface area contributed by atoms with Crippen LogP contribution < -0.4 is 5.32 Å². The second-order valence-corrected chi connectivity index (χ2v) is 9.55. The number of nitriles is 1. The summed E-state index contributed by atoms with van der Waals surface area (Å²) in [7, 11) is 0.